The van der Waals surface area contributed by atoms with E-state index in [2.05, 4.69) is 16.4 Å². The van der Waals surface area contributed by atoms with Crippen molar-refractivity contribution < 1.29 is 4.74 Å². The van der Waals surface area contributed by atoms with E-state index in [9.17, 15) is 4.79 Å². The molecule has 1 unspecified atom stereocenters. The van der Waals surface area contributed by atoms with Gasteiger partial charge in [-0.1, -0.05) is 23.7 Å². The summed E-state index contributed by atoms with van der Waals surface area (Å²) in [6, 6.07) is 7.83. The Kier molecular flexibility index (Phi) is 4.50. The fraction of sp³-hybridized carbons (Fsp3) is 0.353. The van der Waals surface area contributed by atoms with Crippen LogP contribution in [-0.4, -0.2) is 12.1 Å². The largest absolute Gasteiger partial charge is 0.495 e. The molecule has 0 saturated carbocycles. The number of aromatic amines is 1. The molecule has 0 spiro atoms. The van der Waals surface area contributed by atoms with Crippen molar-refractivity contribution >= 4 is 11.6 Å². The molecule has 0 bridgehead atoms. The summed E-state index contributed by atoms with van der Waals surface area (Å²) < 4.78 is 5.33. The molecule has 0 radical (unpaired) electrons. The van der Waals surface area contributed by atoms with Crippen molar-refractivity contribution in [1.29, 1.82) is 0 Å². The zero-order chi connectivity index (χ0) is 15.5. The van der Waals surface area contributed by atoms with Crippen molar-refractivity contribution in [3.63, 3.8) is 0 Å². The summed E-state index contributed by atoms with van der Waals surface area (Å²) in [6.45, 7) is 0.522. The van der Waals surface area contributed by atoms with Crippen LogP contribution in [-0.2, 0) is 13.0 Å². The molecule has 2 N–H and O–H groups in total. The van der Waals surface area contributed by atoms with Crippen LogP contribution in [0.3, 0.4) is 0 Å². The monoisotopic (exact) mass is 318 g/mol. The van der Waals surface area contributed by atoms with Gasteiger partial charge in [0.05, 0.1) is 12.1 Å². The van der Waals surface area contributed by atoms with Gasteiger partial charge in [-0.25, -0.2) is 0 Å². The molecule has 1 aliphatic carbocycles. The highest BCUT2D eigenvalue weighted by Gasteiger charge is 2.24. The fourth-order valence-electron chi connectivity index (χ4n) is 3.04. The Morgan fingerprint density at radius 2 is 2.27 bits per heavy atom. The zero-order valence-electron chi connectivity index (χ0n) is 12.5. The Morgan fingerprint density at radius 1 is 1.41 bits per heavy atom. The maximum Gasteiger partial charge on any atom is 0.252 e. The summed E-state index contributed by atoms with van der Waals surface area (Å²) in [6.07, 6.45) is 4.79. The van der Waals surface area contributed by atoms with Crippen LogP contribution in [0.4, 0.5) is 0 Å². The van der Waals surface area contributed by atoms with Crippen molar-refractivity contribution in [2.75, 3.05) is 7.11 Å². The molecular formula is C17H19ClN2O2. The molecule has 5 heteroatoms. The molecule has 0 amide bonds. The second-order valence-corrected chi connectivity index (χ2v) is 5.88. The van der Waals surface area contributed by atoms with Crippen molar-refractivity contribution in [3.8, 4) is 5.75 Å². The molecule has 1 aliphatic rings. The number of nitrogens with one attached hydrogen (secondary N) is 2. The second kappa shape index (κ2) is 6.55. The highest BCUT2D eigenvalue weighted by molar-refractivity contribution is 6.33. The SMILES string of the molecule is COc1ccc2c(c1Cl)C(NCc1ccc[nH]c1=O)CCC2. The number of fused-ring (bicyclic) bond motifs is 1. The van der Waals surface area contributed by atoms with Crippen LogP contribution in [0.2, 0.25) is 5.02 Å². The van der Waals surface area contributed by atoms with E-state index in [1.54, 1.807) is 13.3 Å². The Hall–Kier alpha value is -1.78. The Bertz CT molecular complexity index is 727. The molecule has 0 aliphatic heterocycles. The summed E-state index contributed by atoms with van der Waals surface area (Å²) in [4.78, 5) is 14.5. The summed E-state index contributed by atoms with van der Waals surface area (Å²) in [5.74, 6) is 0.701. The number of rotatable bonds is 4. The maximum atomic E-state index is 11.8. The van der Waals surface area contributed by atoms with Crippen LogP contribution >= 0.6 is 11.6 Å². The summed E-state index contributed by atoms with van der Waals surface area (Å²) in [5, 5.41) is 4.15. The van der Waals surface area contributed by atoms with E-state index < -0.39 is 0 Å². The third-order valence-corrected chi connectivity index (χ3v) is 4.57. The van der Waals surface area contributed by atoms with Crippen LogP contribution in [0.5, 0.6) is 5.75 Å². The van der Waals surface area contributed by atoms with Gasteiger partial charge in [0, 0.05) is 24.3 Å². The highest BCUT2D eigenvalue weighted by Crippen LogP contribution is 2.39. The smallest absolute Gasteiger partial charge is 0.252 e. The summed E-state index contributed by atoms with van der Waals surface area (Å²) in [5.41, 5.74) is 3.05. The van der Waals surface area contributed by atoms with E-state index >= 15 is 0 Å². The van der Waals surface area contributed by atoms with Crippen LogP contribution in [0.1, 0.15) is 35.6 Å². The number of halogens is 1. The number of H-pyrrole nitrogens is 1. The van der Waals surface area contributed by atoms with E-state index in [-0.39, 0.29) is 11.6 Å². The standard InChI is InChI=1S/C17H19ClN2O2/c1-22-14-8-7-11-4-2-6-13(15(11)16(14)18)20-10-12-5-3-9-19-17(12)21/h3,5,7-9,13,20H,2,4,6,10H2,1H3,(H,19,21). The van der Waals surface area contributed by atoms with Gasteiger partial charge in [0.1, 0.15) is 5.75 Å². The molecule has 2 aromatic rings. The Morgan fingerprint density at radius 3 is 3.05 bits per heavy atom. The van der Waals surface area contributed by atoms with Crippen molar-refractivity contribution in [1.82, 2.24) is 10.3 Å². The normalized spacial score (nSPS) is 17.1. The highest BCUT2D eigenvalue weighted by atomic mass is 35.5. The first-order valence-corrected chi connectivity index (χ1v) is 7.83. The van der Waals surface area contributed by atoms with E-state index in [0.29, 0.717) is 17.3 Å². The number of pyridine rings is 1. The Balaban J connectivity index is 1.85. The minimum atomic E-state index is -0.0530. The second-order valence-electron chi connectivity index (χ2n) is 5.50. The predicted molar refractivity (Wildman–Crippen MR) is 87.6 cm³/mol. The van der Waals surface area contributed by atoms with Crippen molar-refractivity contribution in [2.45, 2.75) is 31.8 Å². The molecule has 1 heterocycles. The van der Waals surface area contributed by atoms with Crippen LogP contribution in [0.25, 0.3) is 0 Å². The minimum absolute atomic E-state index is 0.0530. The molecule has 0 saturated heterocycles. The average Bonchev–Trinajstić information content (AvgIpc) is 2.54. The first-order chi connectivity index (χ1) is 10.7. The van der Waals surface area contributed by atoms with Gasteiger partial charge in [-0.3, -0.25) is 4.79 Å². The lowest BCUT2D eigenvalue weighted by molar-refractivity contribution is 0.409. The van der Waals surface area contributed by atoms with Gasteiger partial charge in [-0.15, -0.1) is 0 Å². The quantitative estimate of drug-likeness (QED) is 0.910. The number of hydrogen-bond donors (Lipinski definition) is 2. The summed E-state index contributed by atoms with van der Waals surface area (Å²) >= 11 is 6.50. The van der Waals surface area contributed by atoms with Crippen molar-refractivity contribution in [2.24, 2.45) is 0 Å². The van der Waals surface area contributed by atoms with Gasteiger partial charge in [0.15, 0.2) is 0 Å². The maximum absolute atomic E-state index is 11.8. The number of hydrogen-bond acceptors (Lipinski definition) is 3. The fourth-order valence-corrected chi connectivity index (χ4v) is 3.43. The molecule has 116 valence electrons. The van der Waals surface area contributed by atoms with Gasteiger partial charge in [-0.05, 0) is 42.5 Å². The lowest BCUT2D eigenvalue weighted by Gasteiger charge is -2.28. The van der Waals surface area contributed by atoms with Crippen LogP contribution in [0.15, 0.2) is 35.3 Å². The molecular weight excluding hydrogens is 300 g/mol. The average molecular weight is 319 g/mol. The third kappa shape index (κ3) is 2.89. The third-order valence-electron chi connectivity index (χ3n) is 4.18. The molecule has 1 aromatic heterocycles. The predicted octanol–water partition coefficient (Wildman–Crippen LogP) is 3.20. The zero-order valence-corrected chi connectivity index (χ0v) is 13.2. The Labute approximate surface area is 134 Å². The van der Waals surface area contributed by atoms with Gasteiger partial charge in [0.25, 0.3) is 5.56 Å². The molecule has 1 aromatic carbocycles. The molecule has 1 atom stereocenters. The molecule has 0 fully saturated rings. The lowest BCUT2D eigenvalue weighted by atomic mass is 9.87. The van der Waals surface area contributed by atoms with E-state index in [0.717, 1.165) is 30.4 Å². The van der Waals surface area contributed by atoms with Crippen LogP contribution < -0.4 is 15.6 Å². The minimum Gasteiger partial charge on any atom is -0.495 e. The number of methoxy groups -OCH3 is 1. The molecule has 3 rings (SSSR count). The molecule has 22 heavy (non-hydrogen) atoms. The van der Waals surface area contributed by atoms with E-state index in [1.165, 1.54) is 5.56 Å². The van der Waals surface area contributed by atoms with E-state index in [1.807, 2.05) is 18.2 Å². The van der Waals surface area contributed by atoms with Crippen molar-refractivity contribution in [3.05, 3.63) is 62.5 Å². The van der Waals surface area contributed by atoms with E-state index in [4.69, 9.17) is 16.3 Å². The van der Waals surface area contributed by atoms with Gasteiger partial charge in [0.2, 0.25) is 0 Å². The number of aromatic nitrogens is 1. The first kappa shape index (κ1) is 15.1. The molecule has 4 nitrogen and oxygen atoms in total. The topological polar surface area (TPSA) is 54.1 Å². The summed E-state index contributed by atoms with van der Waals surface area (Å²) in [7, 11) is 1.63. The number of ether oxygens (including phenoxy) is 1. The van der Waals surface area contributed by atoms with Gasteiger partial charge >= 0.3 is 0 Å². The van der Waals surface area contributed by atoms with Crippen LogP contribution in [0, 0.1) is 0 Å². The number of aryl methyl sites for hydroxylation is 1. The number of benzene rings is 1. The first-order valence-electron chi connectivity index (χ1n) is 7.46. The van der Waals surface area contributed by atoms with Gasteiger partial charge in [-0.2, -0.15) is 0 Å². The lowest BCUT2D eigenvalue weighted by Crippen LogP contribution is -2.28. The van der Waals surface area contributed by atoms with Gasteiger partial charge < -0.3 is 15.0 Å².